The molecule has 0 aromatic carbocycles. The lowest BCUT2D eigenvalue weighted by atomic mass is 9.76. The summed E-state index contributed by atoms with van der Waals surface area (Å²) in [7, 11) is 0. The van der Waals surface area contributed by atoms with Crippen LogP contribution < -0.4 is 0 Å². The molecule has 0 rings (SSSR count). The molecule has 0 aromatic rings. The van der Waals surface area contributed by atoms with Crippen molar-refractivity contribution >= 4 is 0 Å². The summed E-state index contributed by atoms with van der Waals surface area (Å²) in [5.74, 6) is 1.73. The van der Waals surface area contributed by atoms with Gasteiger partial charge in [0.2, 0.25) is 0 Å². The first kappa shape index (κ1) is 12.0. The Hall–Kier alpha value is 0. The summed E-state index contributed by atoms with van der Waals surface area (Å²) in [5.41, 5.74) is 0.433. The molecule has 1 radical (unpaired) electrons. The van der Waals surface area contributed by atoms with Crippen LogP contribution in [0.4, 0.5) is 0 Å². The lowest BCUT2D eigenvalue weighted by Gasteiger charge is -2.29. The van der Waals surface area contributed by atoms with Crippen LogP contribution in [-0.4, -0.2) is 0 Å². The Bertz CT molecular complexity index is 97.1. The number of hydrogen-bond donors (Lipinski definition) is 0. The van der Waals surface area contributed by atoms with E-state index in [9.17, 15) is 0 Å². The van der Waals surface area contributed by atoms with Crippen molar-refractivity contribution in [2.45, 2.75) is 66.7 Å². The van der Waals surface area contributed by atoms with E-state index in [-0.39, 0.29) is 0 Å². The van der Waals surface area contributed by atoms with Crippen molar-refractivity contribution in [3.63, 3.8) is 0 Å². The monoisotopic (exact) mass is 169 g/mol. The van der Waals surface area contributed by atoms with Crippen LogP contribution in [0.25, 0.3) is 0 Å². The van der Waals surface area contributed by atoms with Gasteiger partial charge in [0.05, 0.1) is 0 Å². The average molecular weight is 169 g/mol. The summed E-state index contributed by atoms with van der Waals surface area (Å²) >= 11 is 0. The predicted octanol–water partition coefficient (Wildman–Crippen LogP) is 4.60. The molecule has 0 saturated carbocycles. The number of hydrogen-bond acceptors (Lipinski definition) is 0. The maximum Gasteiger partial charge on any atom is -0.0190 e. The Balaban J connectivity index is 3.68. The van der Waals surface area contributed by atoms with Crippen molar-refractivity contribution in [2.24, 2.45) is 5.41 Å². The smallest absolute Gasteiger partial charge is 0.0190 e. The quantitative estimate of drug-likeness (QED) is 0.528. The van der Waals surface area contributed by atoms with Gasteiger partial charge in [-0.05, 0) is 24.2 Å². The summed E-state index contributed by atoms with van der Waals surface area (Å²) in [6.45, 7) is 11.5. The fraction of sp³-hybridized carbons (Fsp3) is 0.917. The second-order valence-corrected chi connectivity index (χ2v) is 4.66. The van der Waals surface area contributed by atoms with E-state index in [1.54, 1.807) is 5.92 Å². The molecule has 0 nitrogen and oxygen atoms in total. The molecule has 0 unspecified atom stereocenters. The molecule has 0 heteroatoms. The normalized spacial score (nSPS) is 12.5. The second-order valence-electron chi connectivity index (χ2n) is 4.66. The summed E-state index contributed by atoms with van der Waals surface area (Å²) in [5, 5.41) is 0. The standard InChI is InChI=1S/C12H25/c1-6-8-9-10-11(7-2)12(3,4)5/h6-10H2,1-5H3. The zero-order valence-electron chi connectivity index (χ0n) is 9.54. The van der Waals surface area contributed by atoms with Crippen LogP contribution in [0.1, 0.15) is 66.7 Å². The van der Waals surface area contributed by atoms with E-state index in [2.05, 4.69) is 34.6 Å². The highest BCUT2D eigenvalue weighted by molar-refractivity contribution is 4.98. The zero-order chi connectivity index (χ0) is 9.61. The third-order valence-corrected chi connectivity index (χ3v) is 2.57. The van der Waals surface area contributed by atoms with E-state index in [0.717, 1.165) is 0 Å². The lowest BCUT2D eigenvalue weighted by molar-refractivity contribution is 0.381. The molecule has 0 aromatic heterocycles. The predicted molar refractivity (Wildman–Crippen MR) is 57.1 cm³/mol. The minimum atomic E-state index is 0.433. The molecule has 0 bridgehead atoms. The van der Waals surface area contributed by atoms with Crippen molar-refractivity contribution in [3.05, 3.63) is 5.92 Å². The summed E-state index contributed by atoms with van der Waals surface area (Å²) in [6.07, 6.45) is 6.71. The Morgan fingerprint density at radius 1 is 1.00 bits per heavy atom. The van der Waals surface area contributed by atoms with Crippen molar-refractivity contribution in [1.29, 1.82) is 0 Å². The molecular formula is C12H25. The van der Waals surface area contributed by atoms with Crippen molar-refractivity contribution in [2.75, 3.05) is 0 Å². The zero-order valence-corrected chi connectivity index (χ0v) is 9.54. The van der Waals surface area contributed by atoms with Crippen LogP contribution in [0.5, 0.6) is 0 Å². The van der Waals surface area contributed by atoms with Crippen LogP contribution in [0.15, 0.2) is 0 Å². The average Bonchev–Trinajstić information content (AvgIpc) is 1.95. The van der Waals surface area contributed by atoms with E-state index >= 15 is 0 Å². The molecule has 0 saturated heterocycles. The maximum atomic E-state index is 2.33. The fourth-order valence-corrected chi connectivity index (χ4v) is 1.67. The molecule has 0 N–H and O–H groups in total. The van der Waals surface area contributed by atoms with Gasteiger partial charge < -0.3 is 0 Å². The van der Waals surface area contributed by atoms with Gasteiger partial charge in [-0.25, -0.2) is 0 Å². The molecule has 0 aliphatic heterocycles. The van der Waals surface area contributed by atoms with Gasteiger partial charge in [-0.1, -0.05) is 53.9 Å². The Labute approximate surface area is 78.8 Å². The third kappa shape index (κ3) is 4.79. The minimum Gasteiger partial charge on any atom is -0.0654 e. The van der Waals surface area contributed by atoms with Gasteiger partial charge in [0.1, 0.15) is 0 Å². The van der Waals surface area contributed by atoms with E-state index in [1.807, 2.05) is 0 Å². The van der Waals surface area contributed by atoms with Gasteiger partial charge in [0.15, 0.2) is 0 Å². The number of unbranched alkanes of at least 4 members (excludes halogenated alkanes) is 2. The minimum absolute atomic E-state index is 0.433. The SMILES string of the molecule is CCCCC[C](CC)C(C)(C)C. The molecule has 0 spiro atoms. The third-order valence-electron chi connectivity index (χ3n) is 2.57. The summed E-state index contributed by atoms with van der Waals surface area (Å²) in [4.78, 5) is 0. The largest absolute Gasteiger partial charge is 0.0654 e. The molecule has 0 amide bonds. The van der Waals surface area contributed by atoms with Crippen molar-refractivity contribution in [3.8, 4) is 0 Å². The van der Waals surface area contributed by atoms with Gasteiger partial charge in [0.25, 0.3) is 0 Å². The Morgan fingerprint density at radius 2 is 1.58 bits per heavy atom. The van der Waals surface area contributed by atoms with Gasteiger partial charge in [-0.15, -0.1) is 0 Å². The summed E-state index contributed by atoms with van der Waals surface area (Å²) in [6, 6.07) is 0. The molecule has 73 valence electrons. The van der Waals surface area contributed by atoms with Crippen LogP contribution in [0.3, 0.4) is 0 Å². The summed E-state index contributed by atoms with van der Waals surface area (Å²) < 4.78 is 0. The molecule has 0 atom stereocenters. The Morgan fingerprint density at radius 3 is 1.92 bits per heavy atom. The molecule has 0 aliphatic rings. The topological polar surface area (TPSA) is 0 Å². The van der Waals surface area contributed by atoms with Crippen molar-refractivity contribution in [1.82, 2.24) is 0 Å². The molecule has 12 heavy (non-hydrogen) atoms. The highest BCUT2D eigenvalue weighted by atomic mass is 14.3. The first-order valence-electron chi connectivity index (χ1n) is 5.37. The van der Waals surface area contributed by atoms with Gasteiger partial charge >= 0.3 is 0 Å². The van der Waals surface area contributed by atoms with Crippen LogP contribution in [-0.2, 0) is 0 Å². The van der Waals surface area contributed by atoms with Gasteiger partial charge in [0, 0.05) is 0 Å². The molecule has 0 aliphatic carbocycles. The molecule has 0 fully saturated rings. The van der Waals surface area contributed by atoms with Crippen LogP contribution in [0.2, 0.25) is 0 Å². The van der Waals surface area contributed by atoms with E-state index in [0.29, 0.717) is 5.41 Å². The second kappa shape index (κ2) is 5.61. The Kier molecular flexibility index (Phi) is 5.61. The highest BCUT2D eigenvalue weighted by Crippen LogP contribution is 2.34. The molecular weight excluding hydrogens is 144 g/mol. The van der Waals surface area contributed by atoms with Crippen molar-refractivity contribution < 1.29 is 0 Å². The maximum absolute atomic E-state index is 2.33. The van der Waals surface area contributed by atoms with E-state index in [4.69, 9.17) is 0 Å². The number of rotatable bonds is 5. The molecule has 0 heterocycles. The highest BCUT2D eigenvalue weighted by Gasteiger charge is 2.22. The van der Waals surface area contributed by atoms with E-state index < -0.39 is 0 Å². The van der Waals surface area contributed by atoms with Gasteiger partial charge in [-0.2, -0.15) is 0 Å². The van der Waals surface area contributed by atoms with E-state index in [1.165, 1.54) is 32.1 Å². The fourth-order valence-electron chi connectivity index (χ4n) is 1.67. The first-order chi connectivity index (χ1) is 5.52. The van der Waals surface area contributed by atoms with Gasteiger partial charge in [-0.3, -0.25) is 0 Å². The lowest BCUT2D eigenvalue weighted by Crippen LogP contribution is -2.17. The first-order valence-corrected chi connectivity index (χ1v) is 5.37. The van der Waals surface area contributed by atoms with Crippen LogP contribution >= 0.6 is 0 Å². The van der Waals surface area contributed by atoms with Crippen LogP contribution in [0, 0.1) is 11.3 Å².